The molecule has 1 aromatic carbocycles. The Labute approximate surface area is 146 Å². The number of thioether (sulfide) groups is 1. The number of carbonyl (C=O) groups excluding carboxylic acids is 1. The maximum atomic E-state index is 12.1. The normalized spacial score (nSPS) is 26.8. The third-order valence-electron chi connectivity index (χ3n) is 4.24. The van der Waals surface area contributed by atoms with Gasteiger partial charge in [-0.15, -0.1) is 0 Å². The first kappa shape index (κ1) is 17.4. The Morgan fingerprint density at radius 3 is 2.62 bits per heavy atom. The third kappa shape index (κ3) is 3.22. The number of amides is 1. The number of benzene rings is 1. The summed E-state index contributed by atoms with van der Waals surface area (Å²) in [7, 11) is -1.61. The van der Waals surface area contributed by atoms with E-state index < -0.39 is 9.84 Å². The second-order valence-electron chi connectivity index (χ2n) is 6.13. The van der Waals surface area contributed by atoms with Crippen molar-refractivity contribution >= 4 is 38.4 Å². The standard InChI is InChI=1S/C16H20N2O4S2/c1-10-5-4-6-11(2)15(10)18-12-8-24(20,21)9-13(12)23-16(18)17-14(19)7-22-3/h4-6,12-13H,7-9H2,1-3H3/t12-,13+/m0/s1. The van der Waals surface area contributed by atoms with Crippen molar-refractivity contribution < 1.29 is 17.9 Å². The van der Waals surface area contributed by atoms with Gasteiger partial charge in [0.15, 0.2) is 15.0 Å². The van der Waals surface area contributed by atoms with Crippen LogP contribution in [0.15, 0.2) is 23.2 Å². The Morgan fingerprint density at radius 2 is 2.00 bits per heavy atom. The van der Waals surface area contributed by atoms with E-state index in [2.05, 4.69) is 4.99 Å². The molecule has 2 aliphatic heterocycles. The van der Waals surface area contributed by atoms with E-state index in [0.29, 0.717) is 5.17 Å². The number of carbonyl (C=O) groups is 1. The van der Waals surface area contributed by atoms with E-state index in [9.17, 15) is 13.2 Å². The highest BCUT2D eigenvalue weighted by molar-refractivity contribution is 8.16. The molecule has 8 heteroatoms. The van der Waals surface area contributed by atoms with Crippen molar-refractivity contribution in [3.05, 3.63) is 29.3 Å². The van der Waals surface area contributed by atoms with Gasteiger partial charge in [0, 0.05) is 18.0 Å². The molecular weight excluding hydrogens is 348 g/mol. The van der Waals surface area contributed by atoms with Crippen LogP contribution in [0.1, 0.15) is 11.1 Å². The largest absolute Gasteiger partial charge is 0.375 e. The molecule has 2 heterocycles. The van der Waals surface area contributed by atoms with Crippen molar-refractivity contribution in [2.75, 3.05) is 30.1 Å². The highest BCUT2D eigenvalue weighted by Gasteiger charge is 2.49. The third-order valence-corrected chi connectivity index (χ3v) is 7.44. The Hall–Kier alpha value is -1.38. The van der Waals surface area contributed by atoms with Crippen LogP contribution in [-0.4, -0.2) is 56.0 Å². The summed E-state index contributed by atoms with van der Waals surface area (Å²) in [6.07, 6.45) is 0. The van der Waals surface area contributed by atoms with Crippen LogP contribution in [-0.2, 0) is 19.4 Å². The van der Waals surface area contributed by atoms with Crippen LogP contribution in [0.3, 0.4) is 0 Å². The zero-order chi connectivity index (χ0) is 17.5. The van der Waals surface area contributed by atoms with E-state index in [1.165, 1.54) is 18.9 Å². The Kier molecular flexibility index (Phi) is 4.72. The van der Waals surface area contributed by atoms with E-state index in [-0.39, 0.29) is 35.3 Å². The molecule has 0 aromatic heterocycles. The minimum Gasteiger partial charge on any atom is -0.375 e. The SMILES string of the molecule is COCC(=O)N=C1S[C@@H]2CS(=O)(=O)C[C@@H]2N1c1c(C)cccc1C. The zero-order valence-corrected chi connectivity index (χ0v) is 15.5. The molecule has 2 fully saturated rings. The highest BCUT2D eigenvalue weighted by atomic mass is 32.2. The van der Waals surface area contributed by atoms with Gasteiger partial charge >= 0.3 is 0 Å². The lowest BCUT2D eigenvalue weighted by Crippen LogP contribution is -2.38. The molecule has 3 rings (SSSR count). The monoisotopic (exact) mass is 368 g/mol. The first-order valence-corrected chi connectivity index (χ1v) is 10.4. The molecule has 0 spiro atoms. The quantitative estimate of drug-likeness (QED) is 0.806. The molecule has 0 radical (unpaired) electrons. The fourth-order valence-corrected chi connectivity index (χ4v) is 7.19. The number of anilines is 1. The van der Waals surface area contributed by atoms with Crippen molar-refractivity contribution in [2.45, 2.75) is 25.1 Å². The number of hydrogen-bond donors (Lipinski definition) is 0. The summed E-state index contributed by atoms with van der Waals surface area (Å²) in [6, 6.07) is 5.75. The fraction of sp³-hybridized carbons (Fsp3) is 0.500. The summed E-state index contributed by atoms with van der Waals surface area (Å²) in [5, 5.41) is 0.474. The molecule has 0 unspecified atom stereocenters. The number of aryl methyl sites for hydroxylation is 2. The molecule has 1 aromatic rings. The van der Waals surface area contributed by atoms with Crippen molar-refractivity contribution in [1.29, 1.82) is 0 Å². The maximum absolute atomic E-state index is 12.1. The number of methoxy groups -OCH3 is 1. The van der Waals surface area contributed by atoms with E-state index in [4.69, 9.17) is 4.74 Å². The van der Waals surface area contributed by atoms with E-state index in [1.807, 2.05) is 36.9 Å². The number of ether oxygens (including phenoxy) is 1. The van der Waals surface area contributed by atoms with E-state index in [0.717, 1.165) is 16.8 Å². The molecule has 0 saturated carbocycles. The highest BCUT2D eigenvalue weighted by Crippen LogP contribution is 2.42. The van der Waals surface area contributed by atoms with Crippen LogP contribution in [0.4, 0.5) is 5.69 Å². The molecule has 1 amide bonds. The van der Waals surface area contributed by atoms with Gasteiger partial charge in [-0.3, -0.25) is 4.79 Å². The molecule has 24 heavy (non-hydrogen) atoms. The molecule has 2 atom stereocenters. The zero-order valence-electron chi connectivity index (χ0n) is 13.9. The number of hydrogen-bond acceptors (Lipinski definition) is 5. The minimum absolute atomic E-state index is 0.0850. The van der Waals surface area contributed by atoms with Crippen LogP contribution < -0.4 is 4.90 Å². The van der Waals surface area contributed by atoms with Crippen LogP contribution in [0.2, 0.25) is 0 Å². The van der Waals surface area contributed by atoms with Gasteiger partial charge in [0.05, 0.1) is 17.5 Å². The van der Waals surface area contributed by atoms with E-state index in [1.54, 1.807) is 0 Å². The summed E-state index contributed by atoms with van der Waals surface area (Å²) in [4.78, 5) is 18.0. The van der Waals surface area contributed by atoms with Crippen molar-refractivity contribution in [2.24, 2.45) is 4.99 Å². The van der Waals surface area contributed by atoms with Gasteiger partial charge in [0.1, 0.15) is 6.61 Å². The van der Waals surface area contributed by atoms with Crippen molar-refractivity contribution in [1.82, 2.24) is 0 Å². The number of sulfone groups is 1. The van der Waals surface area contributed by atoms with Crippen LogP contribution in [0, 0.1) is 13.8 Å². The Bertz CT molecular complexity index is 784. The number of nitrogens with zero attached hydrogens (tertiary/aromatic N) is 2. The Morgan fingerprint density at radius 1 is 1.33 bits per heavy atom. The van der Waals surface area contributed by atoms with E-state index >= 15 is 0 Å². The van der Waals surface area contributed by atoms with Gasteiger partial charge in [-0.1, -0.05) is 30.0 Å². The first-order valence-electron chi connectivity index (χ1n) is 7.65. The second-order valence-corrected chi connectivity index (χ2v) is 9.49. The molecule has 6 nitrogen and oxygen atoms in total. The number of amidine groups is 1. The van der Waals surface area contributed by atoms with Crippen molar-refractivity contribution in [3.63, 3.8) is 0 Å². The number of para-hydroxylation sites is 1. The van der Waals surface area contributed by atoms with Gasteiger partial charge in [0.2, 0.25) is 0 Å². The first-order chi connectivity index (χ1) is 11.3. The van der Waals surface area contributed by atoms with Gasteiger partial charge < -0.3 is 9.64 Å². The number of aliphatic imine (C=N–C) groups is 1. The predicted octanol–water partition coefficient (Wildman–Crippen LogP) is 1.55. The van der Waals surface area contributed by atoms with Gasteiger partial charge in [-0.25, -0.2) is 8.42 Å². The number of fused-ring (bicyclic) bond motifs is 1. The lowest BCUT2D eigenvalue weighted by molar-refractivity contribution is -0.121. The summed E-state index contributed by atoms with van der Waals surface area (Å²) in [6.45, 7) is 3.88. The smallest absolute Gasteiger partial charge is 0.274 e. The number of rotatable bonds is 3. The van der Waals surface area contributed by atoms with Gasteiger partial charge in [0.25, 0.3) is 5.91 Å². The molecule has 2 saturated heterocycles. The topological polar surface area (TPSA) is 76.0 Å². The molecule has 0 N–H and O–H groups in total. The fourth-order valence-electron chi connectivity index (χ4n) is 3.27. The molecule has 2 aliphatic rings. The van der Waals surface area contributed by atoms with Gasteiger partial charge in [-0.05, 0) is 25.0 Å². The van der Waals surface area contributed by atoms with Crippen molar-refractivity contribution in [3.8, 4) is 0 Å². The molecule has 0 aliphatic carbocycles. The predicted molar refractivity (Wildman–Crippen MR) is 96.5 cm³/mol. The lowest BCUT2D eigenvalue weighted by Gasteiger charge is -2.27. The summed E-state index contributed by atoms with van der Waals surface area (Å²) in [5.41, 5.74) is 3.01. The summed E-state index contributed by atoms with van der Waals surface area (Å²) in [5.74, 6) is -0.143. The molecule has 130 valence electrons. The maximum Gasteiger partial charge on any atom is 0.274 e. The van der Waals surface area contributed by atoms with Crippen LogP contribution in [0.25, 0.3) is 0 Å². The van der Waals surface area contributed by atoms with Gasteiger partial charge in [-0.2, -0.15) is 4.99 Å². The minimum atomic E-state index is -3.06. The average Bonchev–Trinajstić information content (AvgIpc) is 2.92. The summed E-state index contributed by atoms with van der Waals surface area (Å²) < 4.78 is 29.0. The summed E-state index contributed by atoms with van der Waals surface area (Å²) >= 11 is 1.38. The molecule has 0 bridgehead atoms. The van der Waals surface area contributed by atoms with Crippen LogP contribution >= 0.6 is 11.8 Å². The molecular formula is C16H20N2O4S2. The Balaban J connectivity index is 2.07. The lowest BCUT2D eigenvalue weighted by atomic mass is 10.1. The van der Waals surface area contributed by atoms with Crippen LogP contribution in [0.5, 0.6) is 0 Å². The average molecular weight is 368 g/mol. The second kappa shape index (κ2) is 6.50.